The molecular weight excluding hydrogens is 969 g/mol. The van der Waals surface area contributed by atoms with E-state index in [9.17, 15) is 48.6 Å². The number of carbonyl (C=O) groups excluding carboxylic acids is 6. The van der Waals surface area contributed by atoms with Gasteiger partial charge in [0, 0.05) is 57.5 Å². The molecule has 0 bridgehead atoms. The van der Waals surface area contributed by atoms with Gasteiger partial charge in [-0.25, -0.2) is 9.59 Å². The number of likely N-dealkylation sites (tertiary alicyclic amines) is 4. The average molecular weight is 1040 g/mol. The first-order valence-corrected chi connectivity index (χ1v) is 26.7. The van der Waals surface area contributed by atoms with Gasteiger partial charge in [-0.3, -0.25) is 28.8 Å². The predicted octanol–water partition coefficient (Wildman–Crippen LogP) is 3.46. The Balaban J connectivity index is 0.828. The summed E-state index contributed by atoms with van der Waals surface area (Å²) in [5.74, 6) is -4.33. The smallest absolute Gasteiger partial charge is 0.326 e. The number of nitrogens with zero attached hydrogens (tertiary/aromatic N) is 4. The highest BCUT2D eigenvalue weighted by Crippen LogP contribution is 2.29. The minimum atomic E-state index is -1.16. The van der Waals surface area contributed by atoms with Crippen molar-refractivity contribution in [2.45, 2.75) is 138 Å². The van der Waals surface area contributed by atoms with Crippen molar-refractivity contribution in [2.75, 3.05) is 26.2 Å². The Morgan fingerprint density at radius 2 is 1.00 bits per heavy atom. The van der Waals surface area contributed by atoms with Crippen LogP contribution in [0.25, 0.3) is 11.1 Å². The number of nitrogens with two attached hydrogens (primary N) is 2. The second kappa shape index (κ2) is 25.4. The lowest BCUT2D eigenvalue weighted by Gasteiger charge is -2.32. The van der Waals surface area contributed by atoms with Gasteiger partial charge in [0.15, 0.2) is 0 Å². The summed E-state index contributed by atoms with van der Waals surface area (Å²) in [6.07, 6.45) is 5.14. The van der Waals surface area contributed by atoms with Crippen LogP contribution in [0.2, 0.25) is 0 Å². The molecule has 0 radical (unpaired) electrons. The minimum Gasteiger partial charge on any atom is -0.480 e. The number of nitrogens with one attached hydrogen (secondary N) is 2. The molecule has 4 aromatic rings. The van der Waals surface area contributed by atoms with Gasteiger partial charge in [0.1, 0.15) is 30.2 Å². The lowest BCUT2D eigenvalue weighted by molar-refractivity contribution is -0.151. The first-order chi connectivity index (χ1) is 36.6. The zero-order valence-electron chi connectivity index (χ0n) is 42.8. The van der Waals surface area contributed by atoms with Crippen LogP contribution in [0.5, 0.6) is 0 Å². The van der Waals surface area contributed by atoms with E-state index in [2.05, 4.69) is 10.6 Å². The normalized spacial score (nSPS) is 20.9. The fraction of sp³-hybridized carbons (Fsp3) is 0.448. The monoisotopic (exact) mass is 1040 g/mol. The van der Waals surface area contributed by atoms with Crippen molar-refractivity contribution in [1.82, 2.24) is 30.2 Å². The Morgan fingerprint density at radius 3 is 1.58 bits per heavy atom. The Bertz CT molecular complexity index is 2730. The fourth-order valence-corrected chi connectivity index (χ4v) is 11.4. The van der Waals surface area contributed by atoms with Crippen molar-refractivity contribution in [1.29, 1.82) is 0 Å². The maximum atomic E-state index is 14.0. The molecule has 4 aromatic carbocycles. The third-order valence-electron chi connectivity index (χ3n) is 15.3. The zero-order chi connectivity index (χ0) is 53.9. The number of carbonyl (C=O) groups is 8. The number of carboxylic acid groups (broad SMARTS) is 2. The van der Waals surface area contributed by atoms with E-state index in [0.29, 0.717) is 90.4 Å². The quantitative estimate of drug-likeness (QED) is 0.0701. The molecule has 0 saturated carbocycles. The van der Waals surface area contributed by atoms with E-state index in [1.807, 2.05) is 84.9 Å². The summed E-state index contributed by atoms with van der Waals surface area (Å²) in [5.41, 5.74) is 18.4. The van der Waals surface area contributed by atoms with Crippen LogP contribution in [0.1, 0.15) is 86.5 Å². The number of amides is 6. The maximum absolute atomic E-state index is 14.0. The summed E-state index contributed by atoms with van der Waals surface area (Å²) >= 11 is 0. The fourth-order valence-electron chi connectivity index (χ4n) is 11.4. The summed E-state index contributed by atoms with van der Waals surface area (Å²) in [6, 6.07) is 27.6. The van der Waals surface area contributed by atoms with E-state index in [1.165, 1.54) is 9.80 Å². The number of hydrogen-bond acceptors (Lipinski definition) is 10. The van der Waals surface area contributed by atoms with Gasteiger partial charge in [-0.1, -0.05) is 109 Å². The third kappa shape index (κ3) is 13.7. The molecule has 0 spiro atoms. The molecule has 8 rings (SSSR count). The second-order valence-electron chi connectivity index (χ2n) is 20.8. The van der Waals surface area contributed by atoms with Crippen LogP contribution in [0.4, 0.5) is 0 Å². The number of hydrogen-bond donors (Lipinski definition) is 6. The van der Waals surface area contributed by atoms with Crippen molar-refractivity contribution in [3.8, 4) is 11.1 Å². The Labute approximate surface area is 443 Å². The van der Waals surface area contributed by atoms with Crippen LogP contribution in [0, 0.1) is 0 Å². The molecule has 0 aliphatic carbocycles. The largest absolute Gasteiger partial charge is 0.480 e. The molecule has 8 N–H and O–H groups in total. The van der Waals surface area contributed by atoms with E-state index in [1.54, 1.807) is 34.1 Å². The molecule has 4 aliphatic heterocycles. The minimum absolute atomic E-state index is 0.0127. The molecule has 4 aliphatic rings. The molecule has 76 heavy (non-hydrogen) atoms. The van der Waals surface area contributed by atoms with Crippen molar-refractivity contribution in [3.63, 3.8) is 0 Å². The summed E-state index contributed by atoms with van der Waals surface area (Å²) < 4.78 is 0. The van der Waals surface area contributed by atoms with Crippen molar-refractivity contribution in [2.24, 2.45) is 11.5 Å². The molecule has 4 saturated heterocycles. The van der Waals surface area contributed by atoms with Gasteiger partial charge >= 0.3 is 11.9 Å². The summed E-state index contributed by atoms with van der Waals surface area (Å²) in [5, 5.41) is 25.3. The molecular formula is C58H70N8O10. The molecule has 4 fully saturated rings. The SMILES string of the molecule is N[C@H](CC(=O)N1CCC[C@H]1C(=O)N1CCC[C@H]1C(=O)N[C@@H](Cc1ccccc1)C(=O)O)Cc1cccc(-c2ccc(C[C@H](N)C(=O)N[C@H](CC(=O)N3CCC[C@H]3C(=O)N3CCC[C@H]3C(=O)O)Cc3ccccc3)cc2)c1. The number of aliphatic carboxylic acids is 2. The van der Waals surface area contributed by atoms with Crippen molar-refractivity contribution >= 4 is 47.4 Å². The molecule has 18 nitrogen and oxygen atoms in total. The van der Waals surface area contributed by atoms with Crippen LogP contribution in [0.15, 0.2) is 109 Å². The van der Waals surface area contributed by atoms with Gasteiger partial charge in [-0.2, -0.15) is 0 Å². The Kier molecular flexibility index (Phi) is 18.3. The lowest BCUT2D eigenvalue weighted by atomic mass is 9.96. The van der Waals surface area contributed by atoms with Crippen LogP contribution in [-0.2, 0) is 64.0 Å². The predicted molar refractivity (Wildman–Crippen MR) is 283 cm³/mol. The van der Waals surface area contributed by atoms with Gasteiger partial charge in [-0.15, -0.1) is 0 Å². The van der Waals surface area contributed by atoms with E-state index >= 15 is 0 Å². The van der Waals surface area contributed by atoms with Gasteiger partial charge < -0.3 is 51.9 Å². The first-order valence-electron chi connectivity index (χ1n) is 26.7. The molecule has 18 heteroatoms. The summed E-state index contributed by atoms with van der Waals surface area (Å²) in [4.78, 5) is 112. The second-order valence-corrected chi connectivity index (χ2v) is 20.8. The zero-order valence-corrected chi connectivity index (χ0v) is 42.8. The highest BCUT2D eigenvalue weighted by Gasteiger charge is 2.44. The highest BCUT2D eigenvalue weighted by molar-refractivity contribution is 5.95. The topological polar surface area (TPSA) is 266 Å². The van der Waals surface area contributed by atoms with Gasteiger partial charge in [-0.05, 0) is 104 Å². The van der Waals surface area contributed by atoms with Crippen LogP contribution in [-0.4, -0.2) is 152 Å². The third-order valence-corrected chi connectivity index (χ3v) is 15.3. The summed E-state index contributed by atoms with van der Waals surface area (Å²) in [7, 11) is 0. The van der Waals surface area contributed by atoms with Crippen LogP contribution in [0.3, 0.4) is 0 Å². The van der Waals surface area contributed by atoms with E-state index in [4.69, 9.17) is 11.5 Å². The molecule has 4 heterocycles. The number of carboxylic acids is 2. The maximum Gasteiger partial charge on any atom is 0.326 e. The standard InChI is InChI=1S/C58H70N8O10/c59-43(35-51(67)63-26-9-19-48(63)55(71)65-28-8-18-47(65)54(70)62-46(57(73)74)34-38-14-5-2-6-15-38)31-40-16-7-17-42(30-40)41-24-22-39(23-25-41)33-45(60)53(69)61-44(32-37-12-3-1-4-13-37)36-52(68)64-27-10-20-49(64)56(72)66-29-11-21-50(66)58(75)76/h1-7,12-17,22-25,30,43-50H,8-11,18-21,26-29,31-36,59-60H2,(H,61,69)(H,62,70)(H,73,74)(H,75,76)/t43-,44-,45-,46-,47-,48-,49-,50-/m0/s1. The van der Waals surface area contributed by atoms with Gasteiger partial charge in [0.2, 0.25) is 35.4 Å². The first kappa shape index (κ1) is 54.8. The van der Waals surface area contributed by atoms with Crippen molar-refractivity contribution < 1.29 is 48.6 Å². The Hall–Kier alpha value is -7.44. The van der Waals surface area contributed by atoms with Crippen molar-refractivity contribution in [3.05, 3.63) is 131 Å². The average Bonchev–Trinajstić information content (AvgIpc) is 4.27. The molecule has 0 aromatic heterocycles. The molecule has 6 amide bonds. The van der Waals surface area contributed by atoms with Gasteiger partial charge in [0.25, 0.3) is 0 Å². The summed E-state index contributed by atoms with van der Waals surface area (Å²) in [6.45, 7) is 1.44. The number of benzene rings is 4. The van der Waals surface area contributed by atoms with Gasteiger partial charge in [0.05, 0.1) is 6.04 Å². The molecule has 0 unspecified atom stereocenters. The molecule has 402 valence electrons. The lowest BCUT2D eigenvalue weighted by Crippen LogP contribution is -2.55. The van der Waals surface area contributed by atoms with Crippen LogP contribution >= 0.6 is 0 Å². The van der Waals surface area contributed by atoms with E-state index in [0.717, 1.165) is 33.4 Å². The number of rotatable bonds is 21. The van der Waals surface area contributed by atoms with E-state index in [-0.39, 0.29) is 49.3 Å². The Morgan fingerprint density at radius 1 is 0.500 bits per heavy atom. The van der Waals surface area contributed by atoms with E-state index < -0.39 is 72.1 Å². The highest BCUT2D eigenvalue weighted by atomic mass is 16.4. The van der Waals surface area contributed by atoms with Crippen LogP contribution < -0.4 is 22.1 Å². The molecule has 8 atom stereocenters.